The van der Waals surface area contributed by atoms with Gasteiger partial charge in [0.15, 0.2) is 5.82 Å². The molecule has 0 bridgehead atoms. The van der Waals surface area contributed by atoms with Crippen molar-refractivity contribution >= 4 is 5.91 Å². The van der Waals surface area contributed by atoms with Gasteiger partial charge >= 0.3 is 0 Å². The number of aryl methyl sites for hydroxylation is 3. The van der Waals surface area contributed by atoms with Crippen LogP contribution in [0.25, 0.3) is 0 Å². The Balaban J connectivity index is 1.58. The number of nitrogens with zero attached hydrogens (tertiary/aromatic N) is 5. The van der Waals surface area contributed by atoms with Gasteiger partial charge in [0.25, 0.3) is 0 Å². The lowest BCUT2D eigenvalue weighted by molar-refractivity contribution is -0.139. The highest BCUT2D eigenvalue weighted by Crippen LogP contribution is 2.19. The van der Waals surface area contributed by atoms with Crippen LogP contribution in [0.1, 0.15) is 29.7 Å². The second-order valence-electron chi connectivity index (χ2n) is 5.73. The monoisotopic (exact) mass is 315 g/mol. The van der Waals surface area contributed by atoms with Crippen LogP contribution in [0, 0.1) is 13.8 Å². The van der Waals surface area contributed by atoms with Crippen LogP contribution in [-0.2, 0) is 16.1 Å². The van der Waals surface area contributed by atoms with Gasteiger partial charge in [-0.15, -0.1) is 0 Å². The van der Waals surface area contributed by atoms with Crippen molar-refractivity contribution in [2.45, 2.75) is 32.9 Å². The van der Waals surface area contributed by atoms with Gasteiger partial charge in [-0.25, -0.2) is 9.97 Å². The minimum atomic E-state index is -0.250. The third kappa shape index (κ3) is 3.92. The molecule has 0 saturated carbocycles. The summed E-state index contributed by atoms with van der Waals surface area (Å²) in [6.07, 6.45) is 3.80. The van der Waals surface area contributed by atoms with Gasteiger partial charge in [0, 0.05) is 37.6 Å². The van der Waals surface area contributed by atoms with Crippen LogP contribution in [0.15, 0.2) is 24.5 Å². The SMILES string of the molecule is Cc1ccnc([C@@H]2CN(C(=O)CCn3ccc(C)n3)CCO2)n1. The van der Waals surface area contributed by atoms with Crippen LogP contribution in [0.3, 0.4) is 0 Å². The van der Waals surface area contributed by atoms with Crippen molar-refractivity contribution in [3.63, 3.8) is 0 Å². The lowest BCUT2D eigenvalue weighted by Crippen LogP contribution is -2.43. The van der Waals surface area contributed by atoms with E-state index < -0.39 is 0 Å². The van der Waals surface area contributed by atoms with Gasteiger partial charge in [-0.2, -0.15) is 5.10 Å². The lowest BCUT2D eigenvalue weighted by Gasteiger charge is -2.32. The van der Waals surface area contributed by atoms with Gasteiger partial charge in [0.1, 0.15) is 6.10 Å². The molecular weight excluding hydrogens is 294 g/mol. The molecule has 7 heteroatoms. The Morgan fingerprint density at radius 3 is 2.96 bits per heavy atom. The minimum Gasteiger partial charge on any atom is -0.367 e. The molecule has 0 N–H and O–H groups in total. The number of morpholine rings is 1. The van der Waals surface area contributed by atoms with E-state index in [0.29, 0.717) is 38.5 Å². The van der Waals surface area contributed by atoms with Crippen LogP contribution in [0.4, 0.5) is 0 Å². The highest BCUT2D eigenvalue weighted by Gasteiger charge is 2.27. The van der Waals surface area contributed by atoms with Gasteiger partial charge in [0.05, 0.1) is 18.8 Å². The quantitative estimate of drug-likeness (QED) is 0.850. The van der Waals surface area contributed by atoms with Crippen molar-refractivity contribution in [2.24, 2.45) is 0 Å². The summed E-state index contributed by atoms with van der Waals surface area (Å²) in [5.74, 6) is 0.754. The fraction of sp³-hybridized carbons (Fsp3) is 0.500. The van der Waals surface area contributed by atoms with Crippen LogP contribution in [-0.4, -0.2) is 50.3 Å². The van der Waals surface area contributed by atoms with E-state index in [9.17, 15) is 4.79 Å². The molecule has 1 aliphatic rings. The number of carbonyl (C=O) groups excluding carboxylic acids is 1. The first-order valence-corrected chi connectivity index (χ1v) is 7.81. The van der Waals surface area contributed by atoms with Crippen molar-refractivity contribution in [2.75, 3.05) is 19.7 Å². The van der Waals surface area contributed by atoms with Crippen molar-refractivity contribution in [1.82, 2.24) is 24.6 Å². The Bertz CT molecular complexity index is 685. The Hall–Kier alpha value is -2.28. The van der Waals surface area contributed by atoms with Gasteiger partial charge in [-0.05, 0) is 26.0 Å². The van der Waals surface area contributed by atoms with Crippen LogP contribution >= 0.6 is 0 Å². The number of hydrogen-bond acceptors (Lipinski definition) is 5. The number of ether oxygens (including phenoxy) is 1. The fourth-order valence-corrected chi connectivity index (χ4v) is 2.61. The Kier molecular flexibility index (Phi) is 4.66. The molecule has 23 heavy (non-hydrogen) atoms. The molecular formula is C16H21N5O2. The molecule has 2 aromatic rings. The largest absolute Gasteiger partial charge is 0.367 e. The minimum absolute atomic E-state index is 0.110. The van der Waals surface area contributed by atoms with E-state index >= 15 is 0 Å². The second kappa shape index (κ2) is 6.87. The molecule has 1 amide bonds. The van der Waals surface area contributed by atoms with E-state index in [2.05, 4.69) is 15.1 Å². The zero-order chi connectivity index (χ0) is 16.2. The van der Waals surface area contributed by atoms with Crippen molar-refractivity contribution < 1.29 is 9.53 Å². The summed E-state index contributed by atoms with van der Waals surface area (Å²) in [6, 6.07) is 3.78. The zero-order valence-corrected chi connectivity index (χ0v) is 13.5. The number of aromatic nitrogens is 4. The van der Waals surface area contributed by atoms with E-state index in [1.807, 2.05) is 37.1 Å². The summed E-state index contributed by atoms with van der Waals surface area (Å²) in [5, 5.41) is 4.30. The van der Waals surface area contributed by atoms with Gasteiger partial charge < -0.3 is 9.64 Å². The molecule has 1 atom stereocenters. The van der Waals surface area contributed by atoms with Crippen molar-refractivity contribution in [3.05, 3.63) is 41.7 Å². The van der Waals surface area contributed by atoms with Gasteiger partial charge in [-0.1, -0.05) is 0 Å². The first kappa shape index (κ1) is 15.6. The molecule has 0 spiro atoms. The maximum Gasteiger partial charge on any atom is 0.224 e. The van der Waals surface area contributed by atoms with Gasteiger partial charge in [-0.3, -0.25) is 9.48 Å². The van der Waals surface area contributed by atoms with E-state index in [0.717, 1.165) is 11.4 Å². The normalized spacial score (nSPS) is 18.2. The summed E-state index contributed by atoms with van der Waals surface area (Å²) >= 11 is 0. The smallest absolute Gasteiger partial charge is 0.224 e. The van der Waals surface area contributed by atoms with E-state index in [1.165, 1.54) is 0 Å². The predicted molar refractivity (Wildman–Crippen MR) is 83.6 cm³/mol. The first-order valence-electron chi connectivity index (χ1n) is 7.81. The molecule has 122 valence electrons. The average Bonchev–Trinajstić information content (AvgIpc) is 2.98. The molecule has 0 aromatic carbocycles. The fourth-order valence-electron chi connectivity index (χ4n) is 2.61. The Morgan fingerprint density at radius 2 is 2.22 bits per heavy atom. The first-order chi connectivity index (χ1) is 11.1. The number of hydrogen-bond donors (Lipinski definition) is 0. The molecule has 0 unspecified atom stereocenters. The third-order valence-corrected chi connectivity index (χ3v) is 3.85. The molecule has 0 aliphatic carbocycles. The highest BCUT2D eigenvalue weighted by atomic mass is 16.5. The third-order valence-electron chi connectivity index (χ3n) is 3.85. The number of carbonyl (C=O) groups is 1. The van der Waals surface area contributed by atoms with Crippen LogP contribution in [0.5, 0.6) is 0 Å². The van der Waals surface area contributed by atoms with E-state index in [4.69, 9.17) is 4.74 Å². The standard InChI is InChI=1S/C16H21N5O2/c1-12-3-6-17-16(18-12)14-11-20(9-10-23-14)15(22)5-8-21-7-4-13(2)19-21/h3-4,6-7,14H,5,8-11H2,1-2H3/t14-/m0/s1. The van der Waals surface area contributed by atoms with E-state index in [1.54, 1.807) is 10.9 Å². The molecule has 3 rings (SSSR count). The predicted octanol–water partition coefficient (Wildman–Crippen LogP) is 1.28. The van der Waals surface area contributed by atoms with Crippen molar-refractivity contribution in [1.29, 1.82) is 0 Å². The maximum absolute atomic E-state index is 12.4. The Morgan fingerprint density at radius 1 is 1.35 bits per heavy atom. The van der Waals surface area contributed by atoms with Gasteiger partial charge in [0.2, 0.25) is 5.91 Å². The zero-order valence-electron chi connectivity index (χ0n) is 13.5. The molecule has 1 aliphatic heterocycles. The average molecular weight is 315 g/mol. The second-order valence-corrected chi connectivity index (χ2v) is 5.73. The van der Waals surface area contributed by atoms with Crippen LogP contribution < -0.4 is 0 Å². The molecule has 0 radical (unpaired) electrons. The summed E-state index contributed by atoms with van der Waals surface area (Å²) in [7, 11) is 0. The molecule has 3 heterocycles. The van der Waals surface area contributed by atoms with Crippen molar-refractivity contribution in [3.8, 4) is 0 Å². The summed E-state index contributed by atoms with van der Waals surface area (Å²) < 4.78 is 7.53. The Labute approximate surface area is 135 Å². The summed E-state index contributed by atoms with van der Waals surface area (Å²) in [4.78, 5) is 22.9. The number of rotatable bonds is 4. The molecule has 1 fully saturated rings. The lowest BCUT2D eigenvalue weighted by atomic mass is 10.2. The molecule has 2 aromatic heterocycles. The topological polar surface area (TPSA) is 73.1 Å². The number of amides is 1. The summed E-state index contributed by atoms with van der Waals surface area (Å²) in [5.41, 5.74) is 1.86. The van der Waals surface area contributed by atoms with Crippen LogP contribution in [0.2, 0.25) is 0 Å². The maximum atomic E-state index is 12.4. The molecule has 1 saturated heterocycles. The van der Waals surface area contributed by atoms with E-state index in [-0.39, 0.29) is 12.0 Å². The highest BCUT2D eigenvalue weighted by molar-refractivity contribution is 5.76. The summed E-state index contributed by atoms with van der Waals surface area (Å²) in [6.45, 7) is 6.07. The molecule has 7 nitrogen and oxygen atoms in total.